The summed E-state index contributed by atoms with van der Waals surface area (Å²) in [7, 11) is 0. The largest absolute Gasteiger partial charge is 0.354 e. The number of anilines is 1. The Bertz CT molecular complexity index is 596. The fourth-order valence-corrected chi connectivity index (χ4v) is 2.24. The summed E-state index contributed by atoms with van der Waals surface area (Å²) in [6.45, 7) is 6.03. The highest BCUT2D eigenvalue weighted by Gasteiger charge is 2.15. The summed E-state index contributed by atoms with van der Waals surface area (Å²) >= 11 is 0. The molecule has 1 aromatic heterocycles. The molecule has 1 aliphatic rings. The number of aromatic nitrogens is 2. The lowest BCUT2D eigenvalue weighted by atomic mass is 10.3. The third-order valence-corrected chi connectivity index (χ3v) is 3.02. The Hall–Kier alpha value is -2.04. The Balaban J connectivity index is 2.06. The fraction of sp³-hybridized carbons (Fsp3) is 0.385. The maximum atomic E-state index is 4.63. The van der Waals surface area contributed by atoms with Gasteiger partial charge in [0.1, 0.15) is 0 Å². The topological polar surface area (TPSA) is 54.2 Å². The predicted molar refractivity (Wildman–Crippen MR) is 74.0 cm³/mol. The van der Waals surface area contributed by atoms with Crippen molar-refractivity contribution in [3.05, 3.63) is 24.3 Å². The second-order valence-corrected chi connectivity index (χ2v) is 4.67. The summed E-state index contributed by atoms with van der Waals surface area (Å²) in [5, 5.41) is 6.47. The van der Waals surface area contributed by atoms with E-state index < -0.39 is 0 Å². The van der Waals surface area contributed by atoms with Gasteiger partial charge in [-0.15, -0.1) is 0 Å². The number of rotatable bonds is 2. The first-order chi connectivity index (χ1) is 8.75. The highest BCUT2D eigenvalue weighted by molar-refractivity contribution is 5.95. The van der Waals surface area contributed by atoms with Crippen molar-refractivity contribution in [2.75, 3.05) is 18.4 Å². The molecular weight excluding hydrogens is 226 g/mol. The van der Waals surface area contributed by atoms with Crippen molar-refractivity contribution in [2.24, 2.45) is 4.99 Å². The van der Waals surface area contributed by atoms with E-state index in [0.717, 1.165) is 36.0 Å². The van der Waals surface area contributed by atoms with E-state index in [9.17, 15) is 0 Å². The number of imidazole rings is 1. The molecule has 0 atom stereocenters. The number of nitrogens with zero attached hydrogens (tertiary/aromatic N) is 3. The summed E-state index contributed by atoms with van der Waals surface area (Å²) < 4.78 is 2.19. The van der Waals surface area contributed by atoms with Gasteiger partial charge in [0.05, 0.1) is 17.6 Å². The number of hydrogen-bond donors (Lipinski definition) is 2. The van der Waals surface area contributed by atoms with Crippen LogP contribution in [0.3, 0.4) is 0 Å². The maximum absolute atomic E-state index is 4.63. The summed E-state index contributed by atoms with van der Waals surface area (Å²) in [6, 6.07) is 8.52. The van der Waals surface area contributed by atoms with Crippen molar-refractivity contribution >= 4 is 22.9 Å². The second-order valence-electron chi connectivity index (χ2n) is 4.67. The maximum Gasteiger partial charge on any atom is 0.210 e. The molecule has 5 heteroatoms. The van der Waals surface area contributed by atoms with Crippen molar-refractivity contribution in [1.29, 1.82) is 0 Å². The Morgan fingerprint density at radius 3 is 2.89 bits per heavy atom. The number of nitrogens with one attached hydrogen (secondary N) is 2. The predicted octanol–water partition coefficient (Wildman–Crippen LogP) is 1.99. The number of guanidine groups is 1. The molecule has 2 N–H and O–H groups in total. The van der Waals surface area contributed by atoms with E-state index in [2.05, 4.69) is 45.1 Å². The Morgan fingerprint density at radius 2 is 2.17 bits per heavy atom. The van der Waals surface area contributed by atoms with Gasteiger partial charge < -0.3 is 9.88 Å². The van der Waals surface area contributed by atoms with E-state index in [-0.39, 0.29) is 0 Å². The minimum absolute atomic E-state index is 0.349. The van der Waals surface area contributed by atoms with Crippen LogP contribution in [0.4, 0.5) is 5.95 Å². The highest BCUT2D eigenvalue weighted by Crippen LogP contribution is 2.24. The van der Waals surface area contributed by atoms with Gasteiger partial charge in [0.15, 0.2) is 5.96 Å². The fourth-order valence-electron chi connectivity index (χ4n) is 2.24. The molecule has 0 spiro atoms. The van der Waals surface area contributed by atoms with Crippen LogP contribution in [0.2, 0.25) is 0 Å². The van der Waals surface area contributed by atoms with Gasteiger partial charge in [0.2, 0.25) is 5.95 Å². The van der Waals surface area contributed by atoms with E-state index >= 15 is 0 Å². The second kappa shape index (κ2) is 4.33. The minimum atomic E-state index is 0.349. The summed E-state index contributed by atoms with van der Waals surface area (Å²) in [5.74, 6) is 1.66. The first-order valence-electron chi connectivity index (χ1n) is 6.28. The zero-order valence-corrected chi connectivity index (χ0v) is 10.6. The van der Waals surface area contributed by atoms with Gasteiger partial charge in [-0.25, -0.2) is 4.98 Å². The molecule has 5 nitrogen and oxygen atoms in total. The molecule has 18 heavy (non-hydrogen) atoms. The average Bonchev–Trinajstić information content (AvgIpc) is 2.95. The van der Waals surface area contributed by atoms with Crippen LogP contribution in [-0.4, -0.2) is 28.6 Å². The SMILES string of the molecule is CC(C)n1c(NC2=NCCN2)nc2ccccc21. The lowest BCUT2D eigenvalue weighted by Crippen LogP contribution is -2.28. The number of fused-ring (bicyclic) bond motifs is 1. The van der Waals surface area contributed by atoms with E-state index in [0.29, 0.717) is 6.04 Å². The number of hydrogen-bond acceptors (Lipinski definition) is 4. The van der Waals surface area contributed by atoms with Crippen LogP contribution in [0.25, 0.3) is 11.0 Å². The van der Waals surface area contributed by atoms with Crippen LogP contribution in [-0.2, 0) is 0 Å². The van der Waals surface area contributed by atoms with Gasteiger partial charge >= 0.3 is 0 Å². The molecule has 0 saturated carbocycles. The Morgan fingerprint density at radius 1 is 1.33 bits per heavy atom. The lowest BCUT2D eigenvalue weighted by molar-refractivity contribution is 0.626. The van der Waals surface area contributed by atoms with Crippen LogP contribution >= 0.6 is 0 Å². The van der Waals surface area contributed by atoms with Crippen molar-refractivity contribution in [2.45, 2.75) is 19.9 Å². The molecular formula is C13H17N5. The van der Waals surface area contributed by atoms with Crippen molar-refractivity contribution in [3.8, 4) is 0 Å². The quantitative estimate of drug-likeness (QED) is 0.848. The standard InChI is InChI=1S/C13H17N5/c1-9(2)18-11-6-4-3-5-10(11)16-13(18)17-12-14-7-8-15-12/h3-6,9H,7-8H2,1-2H3,(H2,14,15,16,17). The first-order valence-corrected chi connectivity index (χ1v) is 6.28. The average molecular weight is 243 g/mol. The van der Waals surface area contributed by atoms with Crippen LogP contribution in [0, 0.1) is 0 Å². The normalized spacial score (nSPS) is 14.9. The zero-order valence-electron chi connectivity index (χ0n) is 10.6. The minimum Gasteiger partial charge on any atom is -0.354 e. The third-order valence-electron chi connectivity index (χ3n) is 3.02. The molecule has 0 fully saturated rings. The molecule has 0 bridgehead atoms. The van der Waals surface area contributed by atoms with Gasteiger partial charge in [-0.1, -0.05) is 12.1 Å². The van der Waals surface area contributed by atoms with Crippen LogP contribution in [0.1, 0.15) is 19.9 Å². The molecule has 1 aromatic carbocycles. The van der Waals surface area contributed by atoms with Crippen LogP contribution in [0.5, 0.6) is 0 Å². The van der Waals surface area contributed by atoms with Crippen LogP contribution in [0.15, 0.2) is 29.3 Å². The molecule has 94 valence electrons. The van der Waals surface area contributed by atoms with E-state index in [4.69, 9.17) is 0 Å². The molecule has 0 radical (unpaired) electrons. The van der Waals surface area contributed by atoms with Gasteiger partial charge in [-0.2, -0.15) is 0 Å². The van der Waals surface area contributed by atoms with Crippen molar-refractivity contribution < 1.29 is 0 Å². The summed E-state index contributed by atoms with van der Waals surface area (Å²) in [6.07, 6.45) is 0. The Labute approximate surface area is 106 Å². The monoisotopic (exact) mass is 243 g/mol. The van der Waals surface area contributed by atoms with E-state index in [1.807, 2.05) is 18.2 Å². The van der Waals surface area contributed by atoms with Crippen molar-refractivity contribution in [1.82, 2.24) is 14.9 Å². The number of para-hydroxylation sites is 2. The molecule has 0 saturated heterocycles. The van der Waals surface area contributed by atoms with Gasteiger partial charge in [-0.05, 0) is 26.0 Å². The molecule has 2 aromatic rings. The summed E-state index contributed by atoms with van der Waals surface area (Å²) in [5.41, 5.74) is 2.15. The van der Waals surface area contributed by atoms with E-state index in [1.54, 1.807) is 0 Å². The highest BCUT2D eigenvalue weighted by atomic mass is 15.3. The Kier molecular flexibility index (Phi) is 2.66. The molecule has 1 aliphatic heterocycles. The molecule has 0 amide bonds. The molecule has 3 rings (SSSR count). The first kappa shape index (κ1) is 11.1. The molecule has 0 aliphatic carbocycles. The molecule has 2 heterocycles. The van der Waals surface area contributed by atoms with Gasteiger partial charge in [0, 0.05) is 12.6 Å². The van der Waals surface area contributed by atoms with Gasteiger partial charge in [-0.3, -0.25) is 10.3 Å². The number of aliphatic imine (C=N–C) groups is 1. The zero-order chi connectivity index (χ0) is 12.5. The summed E-state index contributed by atoms with van der Waals surface area (Å²) in [4.78, 5) is 8.97. The molecule has 0 unspecified atom stereocenters. The van der Waals surface area contributed by atoms with Crippen LogP contribution < -0.4 is 10.6 Å². The third kappa shape index (κ3) is 1.81. The smallest absolute Gasteiger partial charge is 0.210 e. The van der Waals surface area contributed by atoms with E-state index in [1.165, 1.54) is 0 Å². The lowest BCUT2D eigenvalue weighted by Gasteiger charge is -2.13. The van der Waals surface area contributed by atoms with Crippen molar-refractivity contribution in [3.63, 3.8) is 0 Å². The van der Waals surface area contributed by atoms with Gasteiger partial charge in [0.25, 0.3) is 0 Å². The number of benzene rings is 1.